The third kappa shape index (κ3) is 8.06. The minimum absolute atomic E-state index is 0.0821. The van der Waals surface area contributed by atoms with Crippen LogP contribution in [0.3, 0.4) is 0 Å². The molecule has 2 aromatic carbocycles. The van der Waals surface area contributed by atoms with Crippen LogP contribution in [0, 0.1) is 11.7 Å². The first-order chi connectivity index (χ1) is 18.9. The number of ether oxygens (including phenoxy) is 2. The van der Waals surface area contributed by atoms with Crippen LogP contribution in [-0.2, 0) is 25.7 Å². The number of hydrogen-bond donors (Lipinski definition) is 3. The summed E-state index contributed by atoms with van der Waals surface area (Å²) in [4.78, 5) is 37.8. The summed E-state index contributed by atoms with van der Waals surface area (Å²) in [7, 11) is 0.968. The quantitative estimate of drug-likeness (QED) is 0.200. The Morgan fingerprint density at radius 3 is 2.33 bits per heavy atom. The number of nitrogens with two attached hydrogens (primary N) is 1. The topological polar surface area (TPSA) is 120 Å². The summed E-state index contributed by atoms with van der Waals surface area (Å²) in [5.41, 5.74) is 5.15. The summed E-state index contributed by atoms with van der Waals surface area (Å²) >= 11 is 0. The van der Waals surface area contributed by atoms with Gasteiger partial charge in [0, 0.05) is 24.8 Å². The van der Waals surface area contributed by atoms with Crippen molar-refractivity contribution >= 4 is 29.3 Å². The number of alkyl halides is 4. The van der Waals surface area contributed by atoms with Crippen LogP contribution >= 0.6 is 0 Å². The van der Waals surface area contributed by atoms with Crippen LogP contribution in [0.15, 0.2) is 42.5 Å². The third-order valence-corrected chi connectivity index (χ3v) is 6.74. The summed E-state index contributed by atoms with van der Waals surface area (Å²) in [6, 6.07) is 9.49. The Hall–Kier alpha value is -3.90. The lowest BCUT2D eigenvalue weighted by atomic mass is 9.81. The molecule has 1 fully saturated rings. The van der Waals surface area contributed by atoms with Crippen molar-refractivity contribution < 1.29 is 45.8 Å². The van der Waals surface area contributed by atoms with Gasteiger partial charge in [0.05, 0.1) is 24.4 Å². The van der Waals surface area contributed by atoms with Gasteiger partial charge in [-0.2, -0.15) is 0 Å². The highest BCUT2D eigenvalue weighted by molar-refractivity contribution is 5.99. The van der Waals surface area contributed by atoms with E-state index in [1.54, 1.807) is 30.3 Å². The van der Waals surface area contributed by atoms with Crippen LogP contribution in [0.1, 0.15) is 49.1 Å². The molecule has 1 saturated carbocycles. The summed E-state index contributed by atoms with van der Waals surface area (Å²) in [6.45, 7) is -0.108. The van der Waals surface area contributed by atoms with Crippen molar-refractivity contribution in [3.05, 3.63) is 59.4 Å². The van der Waals surface area contributed by atoms with Crippen LogP contribution in [0.5, 0.6) is 0 Å². The zero-order chi connectivity index (χ0) is 29.4. The third-order valence-electron chi connectivity index (χ3n) is 6.74. The number of rotatable bonds is 10. The monoisotopic (exact) mass is 571 g/mol. The highest BCUT2D eigenvalue weighted by Gasteiger charge is 2.41. The zero-order valence-electron chi connectivity index (χ0n) is 21.6. The number of nitrogen functional groups attached to an aromatic ring is 1. The predicted octanol–water partition coefficient (Wildman–Crippen LogP) is 5.38. The fraction of sp³-hybridized carbons (Fsp3) is 0.444. The Balaban J connectivity index is 1.79. The Labute approximate surface area is 227 Å². The summed E-state index contributed by atoms with van der Waals surface area (Å²) < 4.78 is 78.4. The first-order valence-electron chi connectivity index (χ1n) is 12.5. The second-order valence-electron chi connectivity index (χ2n) is 9.50. The molecule has 0 aliphatic heterocycles. The minimum atomic E-state index is -2.94. The van der Waals surface area contributed by atoms with Gasteiger partial charge in [-0.25, -0.2) is 26.7 Å². The average Bonchev–Trinajstić information content (AvgIpc) is 2.92. The number of carbonyl (C=O) groups is 3. The first kappa shape index (κ1) is 30.6. The van der Waals surface area contributed by atoms with E-state index >= 15 is 4.39 Å². The molecule has 0 spiro atoms. The molecule has 0 radical (unpaired) electrons. The largest absolute Gasteiger partial charge is 0.469 e. The normalized spacial score (nSPS) is 16.6. The first-order valence-corrected chi connectivity index (χ1v) is 12.5. The molecular formula is C27H30F5N3O5. The van der Waals surface area contributed by atoms with E-state index in [1.807, 2.05) is 0 Å². The van der Waals surface area contributed by atoms with Gasteiger partial charge in [0.25, 0.3) is 0 Å². The molecule has 0 bridgehead atoms. The van der Waals surface area contributed by atoms with Crippen molar-refractivity contribution in [2.75, 3.05) is 18.2 Å². The predicted molar refractivity (Wildman–Crippen MR) is 135 cm³/mol. The fourth-order valence-corrected chi connectivity index (χ4v) is 4.55. The molecule has 4 N–H and O–H groups in total. The molecule has 0 heterocycles. The Morgan fingerprint density at radius 1 is 1.07 bits per heavy atom. The maximum atomic E-state index is 15.1. The van der Waals surface area contributed by atoms with E-state index in [2.05, 4.69) is 15.4 Å². The molecule has 2 amide bonds. The second kappa shape index (κ2) is 13.4. The second-order valence-corrected chi connectivity index (χ2v) is 9.50. The van der Waals surface area contributed by atoms with Gasteiger partial charge in [-0.15, -0.1) is 0 Å². The number of anilines is 2. The van der Waals surface area contributed by atoms with Gasteiger partial charge in [-0.05, 0) is 30.4 Å². The van der Waals surface area contributed by atoms with Gasteiger partial charge in [0.2, 0.25) is 18.3 Å². The number of methoxy groups -OCH3 is 1. The number of alkyl carbamates (subject to hydrolysis) is 1. The van der Waals surface area contributed by atoms with E-state index in [9.17, 15) is 31.9 Å². The van der Waals surface area contributed by atoms with Gasteiger partial charge in [0.1, 0.15) is 12.6 Å². The number of carbonyl (C=O) groups excluding carboxylic acids is 3. The maximum Gasteiger partial charge on any atom is 0.408 e. The van der Waals surface area contributed by atoms with Gasteiger partial charge >= 0.3 is 12.1 Å². The summed E-state index contributed by atoms with van der Waals surface area (Å²) in [5.74, 6) is -8.41. The number of amides is 2. The Morgan fingerprint density at radius 2 is 1.73 bits per heavy atom. The summed E-state index contributed by atoms with van der Waals surface area (Å²) in [5, 5.41) is 4.79. The molecule has 8 nitrogen and oxygen atoms in total. The van der Waals surface area contributed by atoms with E-state index in [4.69, 9.17) is 10.5 Å². The molecule has 1 aliphatic carbocycles. The molecule has 3 rings (SSSR count). The molecular weight excluding hydrogens is 541 g/mol. The van der Waals surface area contributed by atoms with Crippen LogP contribution in [-0.4, -0.2) is 43.5 Å². The van der Waals surface area contributed by atoms with Crippen molar-refractivity contribution in [1.29, 1.82) is 0 Å². The highest BCUT2D eigenvalue weighted by Crippen LogP contribution is 2.38. The molecule has 2 atom stereocenters. The number of esters is 1. The van der Waals surface area contributed by atoms with Crippen LogP contribution in [0.4, 0.5) is 38.1 Å². The molecule has 0 saturated heterocycles. The number of nitrogens with one attached hydrogen (secondary N) is 2. The molecule has 1 unspecified atom stereocenters. The van der Waals surface area contributed by atoms with Crippen molar-refractivity contribution in [3.8, 4) is 0 Å². The maximum absolute atomic E-state index is 15.1. The van der Waals surface area contributed by atoms with Gasteiger partial charge in [-0.3, -0.25) is 9.59 Å². The van der Waals surface area contributed by atoms with Gasteiger partial charge < -0.3 is 25.8 Å². The minimum Gasteiger partial charge on any atom is -0.469 e. The van der Waals surface area contributed by atoms with E-state index < -0.39 is 84.5 Å². The van der Waals surface area contributed by atoms with Crippen molar-refractivity contribution in [2.45, 2.75) is 63.0 Å². The highest BCUT2D eigenvalue weighted by atomic mass is 19.3. The number of benzene rings is 2. The SMILES string of the molecule is COC(=O)C(CC(F)F)c1ccc(NC(=O)[C@@H](NC(=O)OCc2ccccc2)C2CCC(F)(F)CC2)c(N)c1F. The molecule has 218 valence electrons. The van der Waals surface area contributed by atoms with E-state index in [1.165, 1.54) is 0 Å². The lowest BCUT2D eigenvalue weighted by Crippen LogP contribution is -2.50. The van der Waals surface area contributed by atoms with E-state index in [-0.39, 0.29) is 25.1 Å². The lowest BCUT2D eigenvalue weighted by molar-refractivity contribution is -0.143. The van der Waals surface area contributed by atoms with E-state index in [0.29, 0.717) is 5.56 Å². The van der Waals surface area contributed by atoms with Crippen molar-refractivity contribution in [2.24, 2.45) is 5.92 Å². The molecule has 0 aromatic heterocycles. The molecule has 13 heteroatoms. The smallest absolute Gasteiger partial charge is 0.408 e. The Kier molecular flexibility index (Phi) is 10.3. The Bertz CT molecular complexity index is 1190. The van der Waals surface area contributed by atoms with Crippen LogP contribution in [0.2, 0.25) is 0 Å². The van der Waals surface area contributed by atoms with Crippen molar-refractivity contribution in [1.82, 2.24) is 5.32 Å². The zero-order valence-corrected chi connectivity index (χ0v) is 21.6. The standard InChI is InChI=1S/C27H30F5N3O5/c1-39-25(37)18(13-20(28)29)17-7-8-19(22(33)21(17)30)34-24(36)23(16-9-11-27(31,32)12-10-16)35-26(38)40-14-15-5-3-2-4-6-15/h2-8,16,18,20,23H,9-14,33H2,1H3,(H,34,36)(H,35,38)/t18?,23-/m0/s1. The molecule has 1 aliphatic rings. The number of hydrogen-bond acceptors (Lipinski definition) is 6. The van der Waals surface area contributed by atoms with Crippen LogP contribution < -0.4 is 16.4 Å². The number of halogens is 5. The van der Waals surface area contributed by atoms with E-state index in [0.717, 1.165) is 19.2 Å². The van der Waals surface area contributed by atoms with Gasteiger partial charge in [0.15, 0.2) is 5.82 Å². The summed E-state index contributed by atoms with van der Waals surface area (Å²) in [6.07, 6.45) is -6.08. The fourth-order valence-electron chi connectivity index (χ4n) is 4.55. The lowest BCUT2D eigenvalue weighted by Gasteiger charge is -2.33. The molecule has 40 heavy (non-hydrogen) atoms. The van der Waals surface area contributed by atoms with Crippen LogP contribution in [0.25, 0.3) is 0 Å². The van der Waals surface area contributed by atoms with Crippen molar-refractivity contribution in [3.63, 3.8) is 0 Å². The van der Waals surface area contributed by atoms with Gasteiger partial charge in [-0.1, -0.05) is 36.4 Å². The molecule has 2 aromatic rings. The average molecular weight is 572 g/mol.